The van der Waals surface area contributed by atoms with Crippen molar-refractivity contribution in [1.82, 2.24) is 5.32 Å². The van der Waals surface area contributed by atoms with Crippen molar-refractivity contribution in [3.63, 3.8) is 0 Å². The number of amides is 1. The maximum Gasteiger partial charge on any atom is 0.412 e. The predicted molar refractivity (Wildman–Crippen MR) is 121 cm³/mol. The predicted octanol–water partition coefficient (Wildman–Crippen LogP) is 2.54. The van der Waals surface area contributed by atoms with Crippen molar-refractivity contribution in [3.05, 3.63) is 60.2 Å². The Morgan fingerprint density at radius 2 is 1.72 bits per heavy atom. The van der Waals surface area contributed by atoms with E-state index in [9.17, 15) is 9.59 Å². The Hall–Kier alpha value is -3.21. The van der Waals surface area contributed by atoms with E-state index in [0.29, 0.717) is 28.7 Å². The van der Waals surface area contributed by atoms with Gasteiger partial charge < -0.3 is 29.6 Å². The van der Waals surface area contributed by atoms with Gasteiger partial charge in [0.15, 0.2) is 11.2 Å². The summed E-state index contributed by atoms with van der Waals surface area (Å²) in [4.78, 5) is 23.9. The molecule has 0 spiro atoms. The fourth-order valence-corrected chi connectivity index (χ4v) is 3.94. The highest BCUT2D eigenvalue weighted by atomic mass is 32.1. The summed E-state index contributed by atoms with van der Waals surface area (Å²) in [6.07, 6.45) is -1.79. The summed E-state index contributed by atoms with van der Waals surface area (Å²) in [7, 11) is 1.33. The van der Waals surface area contributed by atoms with E-state index >= 15 is 0 Å². The van der Waals surface area contributed by atoms with Gasteiger partial charge in [0, 0.05) is 11.4 Å². The van der Waals surface area contributed by atoms with Crippen LogP contribution in [0.1, 0.15) is 10.4 Å². The molecular formula is C22H23N3O6S. The van der Waals surface area contributed by atoms with Gasteiger partial charge in [0.25, 0.3) is 0 Å². The second-order valence-corrected chi connectivity index (χ2v) is 7.72. The van der Waals surface area contributed by atoms with Crippen LogP contribution < -0.4 is 16.0 Å². The van der Waals surface area contributed by atoms with E-state index in [1.807, 2.05) is 18.2 Å². The Morgan fingerprint density at radius 3 is 2.50 bits per heavy atom. The molecule has 0 unspecified atom stereocenters. The van der Waals surface area contributed by atoms with Gasteiger partial charge in [-0.25, -0.2) is 9.59 Å². The highest BCUT2D eigenvalue weighted by Gasteiger charge is 2.49. The van der Waals surface area contributed by atoms with E-state index in [-0.39, 0.29) is 24.9 Å². The van der Waals surface area contributed by atoms with Crippen LogP contribution in [0.3, 0.4) is 0 Å². The van der Waals surface area contributed by atoms with Crippen LogP contribution >= 0.6 is 12.2 Å². The molecule has 1 amide bonds. The molecule has 2 aromatic rings. The monoisotopic (exact) mass is 457 g/mol. The molecule has 9 nitrogen and oxygen atoms in total. The molecule has 0 radical (unpaired) electrons. The lowest BCUT2D eigenvalue weighted by atomic mass is 10.1. The van der Waals surface area contributed by atoms with Crippen LogP contribution in [0.2, 0.25) is 0 Å². The van der Waals surface area contributed by atoms with Crippen LogP contribution in [0.25, 0.3) is 0 Å². The lowest BCUT2D eigenvalue weighted by Gasteiger charge is -2.20. The molecule has 0 aromatic heterocycles. The number of carbonyl (C=O) groups is 2. The van der Waals surface area contributed by atoms with Crippen molar-refractivity contribution in [2.75, 3.05) is 31.0 Å². The number of methoxy groups -OCH3 is 1. The second kappa shape index (κ2) is 9.94. The maximum atomic E-state index is 12.2. The Balaban J connectivity index is 1.28. The number of esters is 1. The number of hydrogen-bond donors (Lipinski definition) is 3. The number of anilines is 2. The summed E-state index contributed by atoms with van der Waals surface area (Å²) in [5, 5.41) is 9.26. The maximum absolute atomic E-state index is 12.2. The van der Waals surface area contributed by atoms with E-state index in [2.05, 4.69) is 16.0 Å². The first-order valence-corrected chi connectivity index (χ1v) is 10.5. The van der Waals surface area contributed by atoms with Crippen LogP contribution in [0.4, 0.5) is 16.2 Å². The van der Waals surface area contributed by atoms with Gasteiger partial charge in [-0.3, -0.25) is 5.32 Å². The van der Waals surface area contributed by atoms with Gasteiger partial charge in [-0.15, -0.1) is 0 Å². The highest BCUT2D eigenvalue weighted by Crippen LogP contribution is 2.29. The number of carbonyl (C=O) groups excluding carboxylic acids is 2. The van der Waals surface area contributed by atoms with Crippen molar-refractivity contribution in [2.45, 2.75) is 24.4 Å². The molecular weight excluding hydrogens is 434 g/mol. The SMILES string of the molecule is COC(=O)c1cccc(NC(=S)N[C@@H]2CO[C@@H]3[C@@H]2OC[C@H]3OC(=O)Nc2ccccc2)c1. The summed E-state index contributed by atoms with van der Waals surface area (Å²) in [6.45, 7) is 0.580. The topological polar surface area (TPSA) is 107 Å². The van der Waals surface area contributed by atoms with Crippen molar-refractivity contribution in [2.24, 2.45) is 0 Å². The lowest BCUT2D eigenvalue weighted by Crippen LogP contribution is -2.46. The zero-order valence-electron chi connectivity index (χ0n) is 17.3. The molecule has 0 saturated carbocycles. The molecule has 0 aliphatic carbocycles. The molecule has 4 atom stereocenters. The summed E-state index contributed by atoms with van der Waals surface area (Å²) in [6, 6.07) is 15.7. The zero-order chi connectivity index (χ0) is 22.5. The normalized spacial score (nSPS) is 23.7. The molecule has 2 aliphatic heterocycles. The molecule has 3 N–H and O–H groups in total. The van der Waals surface area contributed by atoms with Gasteiger partial charge in [-0.05, 0) is 42.5 Å². The molecule has 4 rings (SSSR count). The Morgan fingerprint density at radius 1 is 0.969 bits per heavy atom. The van der Waals surface area contributed by atoms with E-state index in [1.54, 1.807) is 36.4 Å². The van der Waals surface area contributed by atoms with Gasteiger partial charge in [0.2, 0.25) is 0 Å². The minimum Gasteiger partial charge on any atom is -0.465 e. The summed E-state index contributed by atoms with van der Waals surface area (Å²) in [5.74, 6) is -0.429. The number of fused-ring (bicyclic) bond motifs is 1. The number of nitrogens with one attached hydrogen (secondary N) is 3. The van der Waals surface area contributed by atoms with Crippen LogP contribution in [0.5, 0.6) is 0 Å². The molecule has 2 saturated heterocycles. The molecule has 2 aliphatic rings. The quantitative estimate of drug-likeness (QED) is 0.461. The molecule has 0 bridgehead atoms. The third-order valence-electron chi connectivity index (χ3n) is 5.14. The fourth-order valence-electron chi connectivity index (χ4n) is 3.67. The Kier molecular flexibility index (Phi) is 6.84. The van der Waals surface area contributed by atoms with Crippen molar-refractivity contribution in [3.8, 4) is 0 Å². The van der Waals surface area contributed by atoms with Gasteiger partial charge in [0.1, 0.15) is 12.2 Å². The first kappa shape index (κ1) is 22.0. The summed E-state index contributed by atoms with van der Waals surface area (Å²) in [5.41, 5.74) is 1.71. The minimum absolute atomic E-state index is 0.213. The first-order valence-electron chi connectivity index (χ1n) is 10.1. The van der Waals surface area contributed by atoms with Crippen LogP contribution in [-0.2, 0) is 18.9 Å². The lowest BCUT2D eigenvalue weighted by molar-refractivity contribution is 0.00880. The average molecular weight is 458 g/mol. The van der Waals surface area contributed by atoms with E-state index < -0.39 is 18.2 Å². The number of rotatable bonds is 5. The molecule has 2 fully saturated rings. The van der Waals surface area contributed by atoms with Crippen molar-refractivity contribution < 1.29 is 28.5 Å². The van der Waals surface area contributed by atoms with E-state index in [4.69, 9.17) is 31.2 Å². The van der Waals surface area contributed by atoms with Crippen molar-refractivity contribution in [1.29, 1.82) is 0 Å². The molecule has 2 heterocycles. The minimum atomic E-state index is -0.562. The number of hydrogen-bond acceptors (Lipinski definition) is 7. The Labute approximate surface area is 190 Å². The van der Waals surface area contributed by atoms with E-state index in [0.717, 1.165) is 0 Å². The van der Waals surface area contributed by atoms with Gasteiger partial charge in [-0.1, -0.05) is 24.3 Å². The highest BCUT2D eigenvalue weighted by molar-refractivity contribution is 7.80. The summed E-state index contributed by atoms with van der Waals surface area (Å²) >= 11 is 5.40. The first-order chi connectivity index (χ1) is 15.5. The smallest absolute Gasteiger partial charge is 0.412 e. The standard InChI is InChI=1S/C22H23N3O6S/c1-28-20(26)13-6-5-9-15(10-13)23-21(32)25-16-11-29-19-17(12-30-18(16)19)31-22(27)24-14-7-3-2-4-8-14/h2-10,16-19H,11-12H2,1H3,(H,24,27)(H2,23,25,32)/t16-,17-,18-,19+/m1/s1. The van der Waals surface area contributed by atoms with Gasteiger partial charge >= 0.3 is 12.1 Å². The number of thiocarbonyl (C=S) groups is 1. The second-order valence-electron chi connectivity index (χ2n) is 7.31. The number of para-hydroxylation sites is 1. The third-order valence-corrected chi connectivity index (χ3v) is 5.36. The van der Waals surface area contributed by atoms with Crippen molar-refractivity contribution >= 4 is 40.8 Å². The third kappa shape index (κ3) is 5.16. The average Bonchev–Trinajstić information content (AvgIpc) is 3.37. The number of ether oxygens (including phenoxy) is 4. The van der Waals surface area contributed by atoms with E-state index in [1.165, 1.54) is 7.11 Å². The number of benzene rings is 2. The molecule has 10 heteroatoms. The summed E-state index contributed by atoms with van der Waals surface area (Å²) < 4.78 is 21.9. The van der Waals surface area contributed by atoms with Crippen LogP contribution in [0, 0.1) is 0 Å². The molecule has 168 valence electrons. The van der Waals surface area contributed by atoms with Gasteiger partial charge in [0.05, 0.1) is 31.9 Å². The largest absolute Gasteiger partial charge is 0.465 e. The van der Waals surface area contributed by atoms with Crippen LogP contribution in [0.15, 0.2) is 54.6 Å². The molecule has 32 heavy (non-hydrogen) atoms. The zero-order valence-corrected chi connectivity index (χ0v) is 18.1. The van der Waals surface area contributed by atoms with Crippen LogP contribution in [-0.4, -0.2) is 61.9 Å². The Bertz CT molecular complexity index is 989. The fraction of sp³-hybridized carbons (Fsp3) is 0.318. The van der Waals surface area contributed by atoms with Gasteiger partial charge in [-0.2, -0.15) is 0 Å². The molecule has 2 aromatic carbocycles.